The van der Waals surface area contributed by atoms with Crippen molar-refractivity contribution in [2.45, 2.75) is 4.90 Å². The first-order valence-electron chi connectivity index (χ1n) is 6.51. The molecule has 1 aliphatic heterocycles. The summed E-state index contributed by atoms with van der Waals surface area (Å²) >= 11 is 0. The molecule has 1 atom stereocenters. The summed E-state index contributed by atoms with van der Waals surface area (Å²) in [4.78, 5) is 36.2. The first-order valence-corrected chi connectivity index (χ1v) is 8.07. The molecule has 1 aliphatic rings. The largest absolute Gasteiger partial charge is 0.270 e. The molecule has 23 heavy (non-hydrogen) atoms. The van der Waals surface area contributed by atoms with E-state index in [-0.39, 0.29) is 27.4 Å². The van der Waals surface area contributed by atoms with Gasteiger partial charge in [0, 0.05) is 18.4 Å². The third-order valence-electron chi connectivity index (χ3n) is 3.50. The number of anilines is 1. The van der Waals surface area contributed by atoms with E-state index in [9.17, 15) is 23.9 Å². The number of nitro groups is 1. The molecule has 0 bridgehead atoms. The molecule has 2 amide bonds. The van der Waals surface area contributed by atoms with Crippen LogP contribution >= 0.6 is 0 Å². The minimum atomic E-state index is -1.61. The molecular weight excluding hydrogens is 320 g/mol. The van der Waals surface area contributed by atoms with Crippen LogP contribution in [0.2, 0.25) is 0 Å². The van der Waals surface area contributed by atoms with E-state index in [4.69, 9.17) is 0 Å². The van der Waals surface area contributed by atoms with Crippen molar-refractivity contribution in [1.29, 1.82) is 0 Å². The fourth-order valence-electron chi connectivity index (χ4n) is 2.44. The Morgan fingerprint density at radius 2 is 1.61 bits per heavy atom. The standard InChI is InChI=1S/C15H10N2O5S/c1-23(22)13-8-9(17(20)21)6-7-12(13)16-14(18)10-4-2-3-5-11(10)15(16)19/h2-8H,1H3. The number of imide groups is 1. The molecule has 0 saturated heterocycles. The average Bonchev–Trinajstić information content (AvgIpc) is 2.78. The first-order chi connectivity index (χ1) is 10.9. The summed E-state index contributed by atoms with van der Waals surface area (Å²) in [5.74, 6) is -1.07. The maximum absolute atomic E-state index is 12.5. The molecule has 3 rings (SSSR count). The van der Waals surface area contributed by atoms with Crippen LogP contribution in [0.15, 0.2) is 47.4 Å². The van der Waals surface area contributed by atoms with Gasteiger partial charge in [0.2, 0.25) is 0 Å². The number of hydrogen-bond donors (Lipinski definition) is 0. The quantitative estimate of drug-likeness (QED) is 0.488. The van der Waals surface area contributed by atoms with E-state index in [1.165, 1.54) is 30.5 Å². The maximum atomic E-state index is 12.5. The topological polar surface area (TPSA) is 97.6 Å². The van der Waals surface area contributed by atoms with Crippen molar-refractivity contribution in [3.05, 3.63) is 63.7 Å². The van der Waals surface area contributed by atoms with Gasteiger partial charge in [-0.25, -0.2) is 4.90 Å². The normalized spacial score (nSPS) is 14.7. The second-order valence-corrected chi connectivity index (χ2v) is 6.20. The monoisotopic (exact) mass is 330 g/mol. The highest BCUT2D eigenvalue weighted by atomic mass is 32.2. The summed E-state index contributed by atoms with van der Waals surface area (Å²) in [6, 6.07) is 9.92. The number of nitro benzene ring substituents is 1. The highest BCUT2D eigenvalue weighted by Crippen LogP contribution is 2.34. The van der Waals surface area contributed by atoms with Crippen molar-refractivity contribution >= 4 is 34.0 Å². The molecule has 116 valence electrons. The Morgan fingerprint density at radius 1 is 1.04 bits per heavy atom. The van der Waals surface area contributed by atoms with Crippen LogP contribution in [0.25, 0.3) is 0 Å². The molecule has 2 aromatic rings. The highest BCUT2D eigenvalue weighted by molar-refractivity contribution is 7.84. The summed E-state index contributed by atoms with van der Waals surface area (Å²) in [5, 5.41) is 10.9. The number of fused-ring (bicyclic) bond motifs is 1. The van der Waals surface area contributed by atoms with Crippen molar-refractivity contribution in [2.75, 3.05) is 11.2 Å². The summed E-state index contributed by atoms with van der Waals surface area (Å²) in [6.45, 7) is 0. The molecule has 0 fully saturated rings. The van der Waals surface area contributed by atoms with Crippen LogP contribution < -0.4 is 4.90 Å². The Bertz CT molecular complexity index is 858. The third-order valence-corrected chi connectivity index (χ3v) is 4.45. The minimum Gasteiger partial charge on any atom is -0.268 e. The van der Waals surface area contributed by atoms with Crippen molar-refractivity contribution in [3.8, 4) is 0 Å². The molecule has 1 heterocycles. The molecule has 0 N–H and O–H groups in total. The van der Waals surface area contributed by atoms with Crippen LogP contribution in [-0.2, 0) is 10.8 Å². The van der Waals surface area contributed by atoms with Crippen LogP contribution in [0.3, 0.4) is 0 Å². The lowest BCUT2D eigenvalue weighted by atomic mass is 10.1. The van der Waals surface area contributed by atoms with Gasteiger partial charge in [0.15, 0.2) is 0 Å². The Kier molecular flexibility index (Phi) is 3.53. The minimum absolute atomic E-state index is 0.0636. The lowest BCUT2D eigenvalue weighted by Gasteiger charge is -2.16. The van der Waals surface area contributed by atoms with E-state index in [0.29, 0.717) is 0 Å². The van der Waals surface area contributed by atoms with Gasteiger partial charge in [-0.1, -0.05) is 12.1 Å². The zero-order chi connectivity index (χ0) is 16.7. The van der Waals surface area contributed by atoms with Gasteiger partial charge in [0.05, 0.1) is 37.4 Å². The van der Waals surface area contributed by atoms with Gasteiger partial charge in [0.25, 0.3) is 17.5 Å². The van der Waals surface area contributed by atoms with Crippen molar-refractivity contribution < 1.29 is 18.7 Å². The van der Waals surface area contributed by atoms with Gasteiger partial charge in [-0.15, -0.1) is 0 Å². The van der Waals surface area contributed by atoms with Gasteiger partial charge < -0.3 is 0 Å². The Hall–Kier alpha value is -2.87. The summed E-state index contributed by atoms with van der Waals surface area (Å²) in [6.07, 6.45) is 1.33. The third kappa shape index (κ3) is 2.33. The molecule has 8 heteroatoms. The number of amides is 2. The lowest BCUT2D eigenvalue weighted by molar-refractivity contribution is -0.385. The molecular formula is C15H10N2O5S. The van der Waals surface area contributed by atoms with Gasteiger partial charge in [-0.05, 0) is 18.2 Å². The van der Waals surface area contributed by atoms with Crippen LogP contribution in [-0.4, -0.2) is 27.2 Å². The smallest absolute Gasteiger partial charge is 0.268 e. The number of carbonyl (C=O) groups excluding carboxylic acids is 2. The summed E-state index contributed by atoms with van der Waals surface area (Å²) < 4.78 is 11.9. The molecule has 0 spiro atoms. The van der Waals surface area contributed by atoms with Crippen LogP contribution in [0.5, 0.6) is 0 Å². The summed E-state index contributed by atoms with van der Waals surface area (Å²) in [5.41, 5.74) is 0.352. The maximum Gasteiger partial charge on any atom is 0.270 e. The van der Waals surface area contributed by atoms with E-state index in [0.717, 1.165) is 11.0 Å². The first kappa shape index (κ1) is 15.0. The SMILES string of the molecule is CS(=O)c1cc([N+](=O)[O-])ccc1N1C(=O)c2ccccc2C1=O. The number of nitrogens with zero attached hydrogens (tertiary/aromatic N) is 2. The van der Waals surface area contributed by atoms with Crippen molar-refractivity contribution in [1.82, 2.24) is 0 Å². The van der Waals surface area contributed by atoms with E-state index < -0.39 is 27.5 Å². The fraction of sp³-hybridized carbons (Fsp3) is 0.0667. The van der Waals surface area contributed by atoms with E-state index in [2.05, 4.69) is 0 Å². The molecule has 0 saturated carbocycles. The number of benzene rings is 2. The van der Waals surface area contributed by atoms with Crippen LogP contribution in [0, 0.1) is 10.1 Å². The molecule has 1 unspecified atom stereocenters. The fourth-order valence-corrected chi connectivity index (χ4v) is 3.18. The van der Waals surface area contributed by atoms with Crippen molar-refractivity contribution in [3.63, 3.8) is 0 Å². The second kappa shape index (κ2) is 5.40. The lowest BCUT2D eigenvalue weighted by Crippen LogP contribution is -2.30. The average molecular weight is 330 g/mol. The number of rotatable bonds is 3. The zero-order valence-corrected chi connectivity index (χ0v) is 12.7. The number of non-ortho nitro benzene ring substituents is 1. The predicted molar refractivity (Wildman–Crippen MR) is 83.0 cm³/mol. The molecule has 0 aromatic heterocycles. The van der Waals surface area contributed by atoms with Crippen LogP contribution in [0.1, 0.15) is 20.7 Å². The predicted octanol–water partition coefficient (Wildman–Crippen LogP) is 2.13. The zero-order valence-electron chi connectivity index (χ0n) is 11.9. The van der Waals surface area contributed by atoms with E-state index in [1.807, 2.05) is 0 Å². The van der Waals surface area contributed by atoms with Gasteiger partial charge in [-0.2, -0.15) is 0 Å². The molecule has 2 aromatic carbocycles. The Morgan fingerprint density at radius 3 is 2.09 bits per heavy atom. The molecule has 0 radical (unpaired) electrons. The number of hydrogen-bond acceptors (Lipinski definition) is 5. The van der Waals surface area contributed by atoms with E-state index in [1.54, 1.807) is 12.1 Å². The highest BCUT2D eigenvalue weighted by Gasteiger charge is 2.38. The number of carbonyl (C=O) groups is 2. The Balaban J connectivity index is 2.17. The van der Waals surface area contributed by atoms with Gasteiger partial charge >= 0.3 is 0 Å². The molecule has 7 nitrogen and oxygen atoms in total. The Labute approximate surface area is 133 Å². The second-order valence-electron chi connectivity index (χ2n) is 4.85. The summed E-state index contributed by atoms with van der Waals surface area (Å²) in [7, 11) is -1.61. The van der Waals surface area contributed by atoms with Crippen LogP contribution in [0.4, 0.5) is 11.4 Å². The van der Waals surface area contributed by atoms with E-state index >= 15 is 0 Å². The van der Waals surface area contributed by atoms with Crippen molar-refractivity contribution in [2.24, 2.45) is 0 Å². The molecule has 0 aliphatic carbocycles. The van der Waals surface area contributed by atoms with Gasteiger partial charge in [-0.3, -0.25) is 23.9 Å². The van der Waals surface area contributed by atoms with Gasteiger partial charge in [0.1, 0.15) is 0 Å².